The van der Waals surface area contributed by atoms with Crippen molar-refractivity contribution in [3.8, 4) is 27.9 Å². The first-order valence-electron chi connectivity index (χ1n) is 15.9. The summed E-state index contributed by atoms with van der Waals surface area (Å²) in [5.41, 5.74) is 15.4. The summed E-state index contributed by atoms with van der Waals surface area (Å²) < 4.78 is 9.43. The minimum atomic E-state index is -0.0411. The van der Waals surface area contributed by atoms with Crippen LogP contribution in [0, 0.1) is 0 Å². The summed E-state index contributed by atoms with van der Waals surface area (Å²) in [5, 5.41) is 4.89. The van der Waals surface area contributed by atoms with Gasteiger partial charge in [-0.2, -0.15) is 0 Å². The van der Waals surface area contributed by atoms with Crippen molar-refractivity contribution in [2.24, 2.45) is 0 Å². The van der Waals surface area contributed by atoms with Crippen LogP contribution < -0.4 is 15.7 Å². The first-order valence-corrected chi connectivity index (χ1v) is 15.9. The third-order valence-corrected chi connectivity index (χ3v) is 10.2. The minimum Gasteiger partial charge on any atom is -0.455 e. The predicted octanol–water partition coefficient (Wildman–Crippen LogP) is 9.59. The molecule has 2 aromatic heterocycles. The molecular weight excluding hydrogens is 559 g/mol. The molecule has 0 fully saturated rings. The maximum absolute atomic E-state index is 6.91. The first kappa shape index (κ1) is 24.3. The summed E-state index contributed by atoms with van der Waals surface area (Å²) in [6, 6.07) is 54.9. The van der Waals surface area contributed by atoms with Gasteiger partial charge in [0.2, 0.25) is 0 Å². The van der Waals surface area contributed by atoms with Crippen LogP contribution in [0.3, 0.4) is 0 Å². The lowest BCUT2D eigenvalue weighted by atomic mass is 9.44. The Kier molecular flexibility index (Phi) is 4.66. The third-order valence-electron chi connectivity index (χ3n) is 10.2. The van der Waals surface area contributed by atoms with Crippen LogP contribution in [0.5, 0.6) is 0 Å². The van der Waals surface area contributed by atoms with E-state index in [1.54, 1.807) is 0 Å². The van der Waals surface area contributed by atoms with Crippen LogP contribution in [0.15, 0.2) is 156 Å². The molecule has 0 amide bonds. The molecular formula is C42H25BN2O. The van der Waals surface area contributed by atoms with E-state index in [0.29, 0.717) is 0 Å². The Morgan fingerprint density at radius 1 is 0.522 bits per heavy atom. The van der Waals surface area contributed by atoms with Crippen molar-refractivity contribution in [3.63, 3.8) is 0 Å². The summed E-state index contributed by atoms with van der Waals surface area (Å²) in [7, 11) is 0. The van der Waals surface area contributed by atoms with Crippen molar-refractivity contribution in [2.75, 3.05) is 4.81 Å². The molecule has 0 spiro atoms. The summed E-state index contributed by atoms with van der Waals surface area (Å²) in [6.07, 6.45) is 0. The Morgan fingerprint density at radius 2 is 1.20 bits per heavy atom. The van der Waals surface area contributed by atoms with Gasteiger partial charge in [-0.05, 0) is 58.5 Å². The molecule has 7 aromatic carbocycles. The molecule has 0 N–H and O–H groups in total. The van der Waals surface area contributed by atoms with Gasteiger partial charge in [-0.15, -0.1) is 0 Å². The molecule has 9 aromatic rings. The lowest BCUT2D eigenvalue weighted by Crippen LogP contribution is -2.60. The highest BCUT2D eigenvalue weighted by Crippen LogP contribution is 2.50. The molecule has 3 nitrogen and oxygen atoms in total. The smallest absolute Gasteiger partial charge is 0.333 e. The van der Waals surface area contributed by atoms with Gasteiger partial charge in [0, 0.05) is 49.7 Å². The molecule has 46 heavy (non-hydrogen) atoms. The summed E-state index contributed by atoms with van der Waals surface area (Å²) >= 11 is 0. The number of nitrogens with zero attached hydrogens (tertiary/aromatic N) is 2. The zero-order chi connectivity index (χ0) is 29.9. The van der Waals surface area contributed by atoms with Gasteiger partial charge < -0.3 is 13.8 Å². The van der Waals surface area contributed by atoms with E-state index in [1.807, 2.05) is 0 Å². The van der Waals surface area contributed by atoms with Crippen molar-refractivity contribution in [1.82, 2.24) is 4.57 Å². The Labute approximate surface area is 265 Å². The average Bonchev–Trinajstić information content (AvgIpc) is 3.68. The SMILES string of the molecule is c1ccc(-c2ccc(N3B4c5ccccc5-n5c6ccccc6c6c7c(oc8ccccc87)c(c4c65)-c4ccccc43)cc2)cc1. The highest BCUT2D eigenvalue weighted by Gasteiger charge is 2.45. The summed E-state index contributed by atoms with van der Waals surface area (Å²) in [4.78, 5) is 2.56. The van der Waals surface area contributed by atoms with Gasteiger partial charge >= 0.3 is 6.85 Å². The largest absolute Gasteiger partial charge is 0.455 e. The van der Waals surface area contributed by atoms with Crippen LogP contribution in [0.1, 0.15) is 0 Å². The number of hydrogen-bond donors (Lipinski definition) is 0. The molecule has 0 saturated heterocycles. The number of para-hydroxylation sites is 4. The topological polar surface area (TPSA) is 21.3 Å². The number of rotatable bonds is 2. The molecule has 0 bridgehead atoms. The standard InChI is InChI=1S/C42H25BN2O/c1-2-12-26(13-3-1)27-22-24-28(25-23-27)45-34-19-9-5-15-30(34)39-40-41-37(38-31-16-6-11-21-36(31)46-42(38)39)29-14-4-8-18-33(29)44(41)35-20-10-7-17-32(35)43(40)45/h1-25H. The Morgan fingerprint density at radius 3 is 2.07 bits per heavy atom. The van der Waals surface area contributed by atoms with E-state index in [-0.39, 0.29) is 6.85 Å². The van der Waals surface area contributed by atoms with Gasteiger partial charge in [-0.25, -0.2) is 0 Å². The minimum absolute atomic E-state index is 0.0411. The number of fused-ring (bicyclic) bond motifs is 13. The molecule has 0 saturated carbocycles. The molecule has 0 unspecified atom stereocenters. The second kappa shape index (κ2) is 8.80. The maximum atomic E-state index is 6.91. The van der Waals surface area contributed by atoms with Crippen molar-refractivity contribution in [1.29, 1.82) is 0 Å². The van der Waals surface area contributed by atoms with E-state index in [0.717, 1.165) is 16.6 Å². The fourth-order valence-electron chi connectivity index (χ4n) is 8.36. The average molecular weight is 584 g/mol. The highest BCUT2D eigenvalue weighted by molar-refractivity contribution is 6.94. The number of furan rings is 1. The number of anilines is 2. The van der Waals surface area contributed by atoms with Gasteiger partial charge in [-0.1, -0.05) is 115 Å². The number of benzene rings is 7. The lowest BCUT2D eigenvalue weighted by molar-refractivity contribution is 0.670. The fourth-order valence-corrected chi connectivity index (χ4v) is 8.36. The molecule has 2 aliphatic heterocycles. The van der Waals surface area contributed by atoms with E-state index < -0.39 is 0 Å². The summed E-state index contributed by atoms with van der Waals surface area (Å²) in [6.45, 7) is -0.0411. The Bertz CT molecular complexity index is 2700. The quantitative estimate of drug-likeness (QED) is 0.189. The Balaban J connectivity index is 1.33. The number of aromatic nitrogens is 1. The summed E-state index contributed by atoms with van der Waals surface area (Å²) in [5.74, 6) is 0. The van der Waals surface area contributed by atoms with Crippen molar-refractivity contribution in [3.05, 3.63) is 152 Å². The molecule has 0 aliphatic carbocycles. The zero-order valence-electron chi connectivity index (χ0n) is 24.8. The van der Waals surface area contributed by atoms with Crippen molar-refractivity contribution < 1.29 is 4.42 Å². The molecule has 212 valence electrons. The van der Waals surface area contributed by atoms with Crippen LogP contribution >= 0.6 is 0 Å². The van der Waals surface area contributed by atoms with Crippen LogP contribution in [0.25, 0.3) is 71.7 Å². The van der Waals surface area contributed by atoms with Crippen LogP contribution in [0.2, 0.25) is 0 Å². The van der Waals surface area contributed by atoms with Gasteiger partial charge in [0.1, 0.15) is 11.2 Å². The molecule has 4 heterocycles. The van der Waals surface area contributed by atoms with E-state index in [2.05, 4.69) is 161 Å². The lowest BCUT2D eigenvalue weighted by Gasteiger charge is -2.41. The zero-order valence-corrected chi connectivity index (χ0v) is 24.8. The maximum Gasteiger partial charge on any atom is 0.333 e. The molecule has 0 atom stereocenters. The van der Waals surface area contributed by atoms with Crippen LogP contribution in [-0.4, -0.2) is 11.4 Å². The Hall–Kier alpha value is -6.00. The third kappa shape index (κ3) is 2.99. The predicted molar refractivity (Wildman–Crippen MR) is 193 cm³/mol. The van der Waals surface area contributed by atoms with Gasteiger partial charge in [0.25, 0.3) is 0 Å². The molecule has 4 heteroatoms. The number of hydrogen-bond acceptors (Lipinski definition) is 2. The van der Waals surface area contributed by atoms with Crippen LogP contribution in [-0.2, 0) is 0 Å². The molecule has 11 rings (SSSR count). The van der Waals surface area contributed by atoms with Gasteiger partial charge in [0.15, 0.2) is 0 Å². The monoisotopic (exact) mass is 584 g/mol. The van der Waals surface area contributed by atoms with Gasteiger partial charge in [0.05, 0.1) is 11.0 Å². The van der Waals surface area contributed by atoms with Crippen molar-refractivity contribution >= 4 is 72.9 Å². The van der Waals surface area contributed by atoms with E-state index in [1.165, 1.54) is 77.4 Å². The van der Waals surface area contributed by atoms with Gasteiger partial charge in [-0.3, -0.25) is 0 Å². The second-order valence-electron chi connectivity index (χ2n) is 12.4. The molecule has 0 radical (unpaired) electrons. The molecule has 2 aliphatic rings. The van der Waals surface area contributed by atoms with E-state index >= 15 is 0 Å². The normalized spacial score (nSPS) is 13.1. The highest BCUT2D eigenvalue weighted by atomic mass is 16.3. The van der Waals surface area contributed by atoms with Crippen molar-refractivity contribution in [2.45, 2.75) is 0 Å². The second-order valence-corrected chi connectivity index (χ2v) is 12.4. The van der Waals surface area contributed by atoms with E-state index in [9.17, 15) is 0 Å². The fraction of sp³-hybridized carbons (Fsp3) is 0. The van der Waals surface area contributed by atoms with E-state index in [4.69, 9.17) is 4.42 Å². The van der Waals surface area contributed by atoms with Crippen LogP contribution in [0.4, 0.5) is 11.4 Å². The first-order chi connectivity index (χ1) is 22.9.